The Bertz CT molecular complexity index is 1530. The number of aromatic amines is 1. The zero-order valence-electron chi connectivity index (χ0n) is 22.4. The summed E-state index contributed by atoms with van der Waals surface area (Å²) in [6, 6.07) is 5.62. The smallest absolute Gasteiger partial charge is 0.407 e. The molecule has 4 rings (SSSR count). The molecule has 1 fully saturated rings. The molecule has 0 saturated carbocycles. The van der Waals surface area contributed by atoms with E-state index in [2.05, 4.69) is 48.2 Å². The monoisotopic (exact) mass is 809 g/mol. The van der Waals surface area contributed by atoms with Gasteiger partial charge in [0.05, 0.1) is 40.0 Å². The van der Waals surface area contributed by atoms with Gasteiger partial charge in [-0.3, -0.25) is 19.6 Å². The molecule has 17 heteroatoms. The number of ether oxygens (including phenoxy) is 2. The second kappa shape index (κ2) is 15.0. The number of amides is 2. The van der Waals surface area contributed by atoms with Gasteiger partial charge >= 0.3 is 11.8 Å². The number of halogens is 2. The molecular weight excluding hydrogens is 780 g/mol. The third-order valence-corrected chi connectivity index (χ3v) is 7.74. The van der Waals surface area contributed by atoms with Crippen molar-refractivity contribution in [1.29, 1.82) is 0 Å². The lowest BCUT2D eigenvalue weighted by Crippen LogP contribution is -2.41. The number of H-pyrrole nitrogens is 1. The number of nitrogens with one attached hydrogen (secondary N) is 3. The van der Waals surface area contributed by atoms with Gasteiger partial charge in [0.1, 0.15) is 17.9 Å². The average molecular weight is 809 g/mol. The van der Waals surface area contributed by atoms with E-state index >= 15 is 0 Å². The molecule has 3 atom stereocenters. The molecule has 1 aliphatic rings. The number of benzene rings is 1. The number of nitrogens with zero attached hydrogens (tertiary/aromatic N) is 4. The SMILES string of the molecule is CCN(CCNC(=O)O[C@H]1C[C@H](On2cc(I)c(=O)[nH]c2=O)O[C@@H]1CO)CCNC(=O)c1cnc2cc(I)ccc2n1. The summed E-state index contributed by atoms with van der Waals surface area (Å²) in [5.74, 6) is -0.319. The molecule has 1 aliphatic heterocycles. The number of aliphatic hydroxyl groups excluding tert-OH is 1. The number of carbonyl (C=O) groups is 2. The van der Waals surface area contributed by atoms with E-state index in [-0.39, 0.29) is 28.1 Å². The Hall–Kier alpha value is -2.88. The van der Waals surface area contributed by atoms with Crippen LogP contribution in [0.3, 0.4) is 0 Å². The molecule has 2 amide bonds. The van der Waals surface area contributed by atoms with Gasteiger partial charge in [-0.1, -0.05) is 6.92 Å². The zero-order valence-corrected chi connectivity index (χ0v) is 26.7. The minimum absolute atomic E-state index is 0.0580. The van der Waals surface area contributed by atoms with Gasteiger partial charge in [0.25, 0.3) is 11.5 Å². The molecule has 2 aromatic heterocycles. The largest absolute Gasteiger partial charge is 0.443 e. The van der Waals surface area contributed by atoms with Gasteiger partial charge in [-0.2, -0.15) is 0 Å². The van der Waals surface area contributed by atoms with Crippen LogP contribution in [0, 0.1) is 7.14 Å². The summed E-state index contributed by atoms with van der Waals surface area (Å²) in [5, 5.41) is 15.2. The van der Waals surface area contributed by atoms with Crippen molar-refractivity contribution >= 4 is 68.2 Å². The van der Waals surface area contributed by atoms with Crippen LogP contribution in [-0.2, 0) is 9.47 Å². The summed E-state index contributed by atoms with van der Waals surface area (Å²) in [7, 11) is 0. The van der Waals surface area contributed by atoms with Crippen molar-refractivity contribution in [2.75, 3.05) is 39.3 Å². The van der Waals surface area contributed by atoms with E-state index in [1.54, 1.807) is 22.6 Å². The number of fused-ring (bicyclic) bond motifs is 1. The van der Waals surface area contributed by atoms with Crippen LogP contribution < -0.4 is 26.7 Å². The lowest BCUT2D eigenvalue weighted by molar-refractivity contribution is -0.148. The molecule has 42 heavy (non-hydrogen) atoms. The van der Waals surface area contributed by atoms with Gasteiger partial charge in [-0.15, -0.1) is 4.73 Å². The molecule has 3 heterocycles. The Morgan fingerprint density at radius 3 is 2.71 bits per heavy atom. The van der Waals surface area contributed by atoms with Gasteiger partial charge in [-0.25, -0.2) is 14.6 Å². The minimum atomic E-state index is -0.991. The van der Waals surface area contributed by atoms with E-state index in [0.29, 0.717) is 31.7 Å². The first-order chi connectivity index (χ1) is 20.2. The second-order valence-corrected chi connectivity index (χ2v) is 11.5. The fourth-order valence-corrected chi connectivity index (χ4v) is 4.97. The number of hydrogen-bond donors (Lipinski definition) is 4. The van der Waals surface area contributed by atoms with Crippen LogP contribution in [0.5, 0.6) is 0 Å². The molecule has 0 unspecified atom stereocenters. The van der Waals surface area contributed by atoms with Crippen LogP contribution >= 0.6 is 45.2 Å². The summed E-state index contributed by atoms with van der Waals surface area (Å²) in [6.45, 7) is 3.91. The molecule has 0 spiro atoms. The van der Waals surface area contributed by atoms with Gasteiger partial charge in [-0.05, 0) is 69.9 Å². The summed E-state index contributed by atoms with van der Waals surface area (Å²) < 4.78 is 13.1. The van der Waals surface area contributed by atoms with Crippen LogP contribution in [0.4, 0.5) is 4.79 Å². The highest BCUT2D eigenvalue weighted by molar-refractivity contribution is 14.1. The lowest BCUT2D eigenvalue weighted by Gasteiger charge is -2.21. The van der Waals surface area contributed by atoms with Crippen molar-refractivity contribution in [3.05, 3.63) is 64.3 Å². The number of carbonyl (C=O) groups excluding carboxylic acids is 2. The van der Waals surface area contributed by atoms with Gasteiger partial charge in [0, 0.05) is 29.7 Å². The Morgan fingerprint density at radius 1 is 1.21 bits per heavy atom. The highest BCUT2D eigenvalue weighted by Crippen LogP contribution is 2.22. The van der Waals surface area contributed by atoms with Gasteiger partial charge < -0.3 is 35.0 Å². The minimum Gasteiger partial charge on any atom is -0.443 e. The summed E-state index contributed by atoms with van der Waals surface area (Å²) >= 11 is 3.94. The van der Waals surface area contributed by atoms with Crippen molar-refractivity contribution in [2.45, 2.75) is 31.8 Å². The van der Waals surface area contributed by atoms with Crippen LogP contribution in [0.1, 0.15) is 23.8 Å². The third kappa shape index (κ3) is 8.58. The fourth-order valence-electron chi connectivity index (χ4n) is 4.10. The van der Waals surface area contributed by atoms with Gasteiger partial charge in [0.2, 0.25) is 6.29 Å². The van der Waals surface area contributed by atoms with E-state index < -0.39 is 42.4 Å². The first kappa shape index (κ1) is 32.0. The maximum atomic E-state index is 12.5. The molecule has 1 aromatic carbocycles. The Kier molecular flexibility index (Phi) is 11.5. The second-order valence-electron chi connectivity index (χ2n) is 9.14. The number of likely N-dealkylation sites (N-methyl/N-ethyl adjacent to an activating group) is 1. The number of aromatic nitrogens is 4. The molecule has 3 aromatic rings. The van der Waals surface area contributed by atoms with Crippen molar-refractivity contribution in [3.63, 3.8) is 0 Å². The first-order valence-electron chi connectivity index (χ1n) is 13.0. The van der Waals surface area contributed by atoms with Crippen molar-refractivity contribution in [2.24, 2.45) is 0 Å². The lowest BCUT2D eigenvalue weighted by atomic mass is 10.2. The molecule has 4 N–H and O–H groups in total. The Labute approximate surface area is 266 Å². The summed E-state index contributed by atoms with van der Waals surface area (Å²) in [4.78, 5) is 66.7. The van der Waals surface area contributed by atoms with E-state index in [1.807, 2.05) is 30.0 Å². The maximum Gasteiger partial charge on any atom is 0.407 e. The molecular formula is C25H29I2N7O8. The molecule has 226 valence electrons. The average Bonchev–Trinajstić information content (AvgIpc) is 3.35. The first-order valence-corrected chi connectivity index (χ1v) is 15.1. The molecule has 0 aliphatic carbocycles. The van der Waals surface area contributed by atoms with Crippen molar-refractivity contribution < 1.29 is 29.0 Å². The van der Waals surface area contributed by atoms with E-state index in [9.17, 15) is 24.3 Å². The summed E-state index contributed by atoms with van der Waals surface area (Å²) in [6.07, 6.45) is -0.648. The van der Waals surface area contributed by atoms with Crippen LogP contribution in [-0.4, -0.2) is 99.5 Å². The molecule has 0 bridgehead atoms. The number of rotatable bonds is 12. The number of aliphatic hydroxyl groups is 1. The van der Waals surface area contributed by atoms with Crippen LogP contribution in [0.15, 0.2) is 40.2 Å². The van der Waals surface area contributed by atoms with E-state index in [0.717, 1.165) is 13.8 Å². The topological polar surface area (TPSA) is 190 Å². The van der Waals surface area contributed by atoms with Crippen molar-refractivity contribution in [3.8, 4) is 0 Å². The van der Waals surface area contributed by atoms with E-state index in [1.165, 1.54) is 12.4 Å². The highest BCUT2D eigenvalue weighted by atomic mass is 127. The van der Waals surface area contributed by atoms with E-state index in [4.69, 9.17) is 14.3 Å². The van der Waals surface area contributed by atoms with Crippen LogP contribution in [0.25, 0.3) is 11.0 Å². The quantitative estimate of drug-likeness (QED) is 0.181. The predicted molar refractivity (Wildman–Crippen MR) is 166 cm³/mol. The van der Waals surface area contributed by atoms with Gasteiger partial charge in [0.15, 0.2) is 0 Å². The highest BCUT2D eigenvalue weighted by Gasteiger charge is 2.39. The van der Waals surface area contributed by atoms with Crippen molar-refractivity contribution in [1.82, 2.24) is 35.2 Å². The normalized spacial score (nSPS) is 18.3. The zero-order chi connectivity index (χ0) is 30.2. The Balaban J connectivity index is 1.18. The molecule has 15 nitrogen and oxygen atoms in total. The fraction of sp³-hybridized carbons (Fsp3) is 0.440. The Morgan fingerprint density at radius 2 is 1.98 bits per heavy atom. The number of hydrogen-bond acceptors (Lipinski definition) is 11. The standard InChI is InChI=1S/C25H29I2N7O8/c1-2-33(7-5-28-23(37)18-11-30-17-9-14(26)3-4-16(17)31-18)8-6-29-25(39)41-19-10-21(40-20(19)13-35)42-34-12-15(27)22(36)32-24(34)38/h3-4,9,11-12,19-21,35H,2,5-8,10,13H2,1H3,(H,28,37)(H,29,39)(H,32,36,38)/t19-,20+,21-/m0/s1. The molecule has 1 saturated heterocycles. The predicted octanol–water partition coefficient (Wildman–Crippen LogP) is 0.0716. The third-order valence-electron chi connectivity index (χ3n) is 6.30. The molecule has 0 radical (unpaired) electrons. The number of alkyl carbamates (subject to hydrolysis) is 1. The van der Waals surface area contributed by atoms with Crippen LogP contribution in [0.2, 0.25) is 0 Å². The summed E-state index contributed by atoms with van der Waals surface area (Å²) in [5.41, 5.74) is 0.272. The maximum absolute atomic E-state index is 12.5.